The van der Waals surface area contributed by atoms with Crippen LogP contribution in [0.3, 0.4) is 0 Å². The van der Waals surface area contributed by atoms with Crippen molar-refractivity contribution >= 4 is 28.3 Å². The van der Waals surface area contributed by atoms with Gasteiger partial charge in [0, 0.05) is 13.1 Å². The molecule has 2 N–H and O–H groups in total. The summed E-state index contributed by atoms with van der Waals surface area (Å²) in [6.07, 6.45) is 2.21. The van der Waals surface area contributed by atoms with E-state index in [1.54, 1.807) is 6.92 Å². The standard InChI is InChI=1S/C13H21N3O2S/c1-4-18-12(17)9-10(14)15-19-11(9)16-7-5-13(2,3)6-8-16/h4-8H2,1-3H3,(H2,14,15). The third kappa shape index (κ3) is 3.00. The normalized spacial score (nSPS) is 18.4. The Hall–Kier alpha value is -1.30. The van der Waals surface area contributed by atoms with Gasteiger partial charge in [0.2, 0.25) is 0 Å². The maximum atomic E-state index is 12.0. The smallest absolute Gasteiger partial charge is 0.345 e. The Labute approximate surface area is 117 Å². The number of esters is 1. The van der Waals surface area contributed by atoms with Crippen molar-refractivity contribution in [3.8, 4) is 0 Å². The van der Waals surface area contributed by atoms with Gasteiger partial charge in [-0.1, -0.05) is 13.8 Å². The Morgan fingerprint density at radius 2 is 2.11 bits per heavy atom. The topological polar surface area (TPSA) is 68.5 Å². The van der Waals surface area contributed by atoms with E-state index in [-0.39, 0.29) is 11.8 Å². The van der Waals surface area contributed by atoms with Gasteiger partial charge < -0.3 is 15.4 Å². The van der Waals surface area contributed by atoms with Crippen molar-refractivity contribution in [2.24, 2.45) is 5.41 Å². The summed E-state index contributed by atoms with van der Waals surface area (Å²) in [5, 5.41) is 0.853. The van der Waals surface area contributed by atoms with E-state index in [9.17, 15) is 4.79 Å². The highest BCUT2D eigenvalue weighted by molar-refractivity contribution is 7.11. The summed E-state index contributed by atoms with van der Waals surface area (Å²) >= 11 is 1.29. The lowest BCUT2D eigenvalue weighted by Crippen LogP contribution is -2.37. The molecule has 0 unspecified atom stereocenters. The van der Waals surface area contributed by atoms with E-state index in [0.717, 1.165) is 30.9 Å². The second-order valence-corrected chi connectivity index (χ2v) is 6.37. The van der Waals surface area contributed by atoms with Crippen LogP contribution in [0.15, 0.2) is 0 Å². The molecule has 1 aromatic heterocycles. The third-order valence-electron chi connectivity index (χ3n) is 3.58. The molecule has 0 saturated carbocycles. The molecule has 0 bridgehead atoms. The molecule has 0 aromatic carbocycles. The number of carbonyl (C=O) groups excluding carboxylic acids is 1. The second kappa shape index (κ2) is 5.36. The molecule has 1 saturated heterocycles. The minimum Gasteiger partial charge on any atom is -0.462 e. The van der Waals surface area contributed by atoms with Gasteiger partial charge in [-0.25, -0.2) is 4.79 Å². The Kier molecular flexibility index (Phi) is 3.99. The summed E-state index contributed by atoms with van der Waals surface area (Å²) in [6.45, 7) is 8.55. The van der Waals surface area contributed by atoms with Crippen LogP contribution in [0, 0.1) is 5.41 Å². The fourth-order valence-corrected chi connectivity index (χ4v) is 3.07. The zero-order valence-corrected chi connectivity index (χ0v) is 12.5. The van der Waals surface area contributed by atoms with Crippen molar-refractivity contribution in [2.45, 2.75) is 33.6 Å². The third-order valence-corrected chi connectivity index (χ3v) is 4.51. The van der Waals surface area contributed by atoms with Crippen LogP contribution in [0.25, 0.3) is 0 Å². The lowest BCUT2D eigenvalue weighted by molar-refractivity contribution is 0.0528. The Morgan fingerprint density at radius 1 is 1.47 bits per heavy atom. The first kappa shape index (κ1) is 14.1. The summed E-state index contributed by atoms with van der Waals surface area (Å²) in [5.41, 5.74) is 6.61. The van der Waals surface area contributed by atoms with Gasteiger partial charge in [0.05, 0.1) is 6.61 Å². The SMILES string of the molecule is CCOC(=O)c1c(N)nsc1N1CCC(C)(C)CC1. The first-order valence-electron chi connectivity index (χ1n) is 6.62. The summed E-state index contributed by atoms with van der Waals surface area (Å²) in [6, 6.07) is 0. The average Bonchev–Trinajstić information content (AvgIpc) is 2.71. The monoisotopic (exact) mass is 283 g/mol. The van der Waals surface area contributed by atoms with Gasteiger partial charge in [0.15, 0.2) is 5.82 Å². The zero-order chi connectivity index (χ0) is 14.0. The van der Waals surface area contributed by atoms with Gasteiger partial charge in [-0.15, -0.1) is 0 Å². The van der Waals surface area contributed by atoms with Gasteiger partial charge in [0.1, 0.15) is 10.6 Å². The van der Waals surface area contributed by atoms with Crippen molar-refractivity contribution in [3.05, 3.63) is 5.56 Å². The fourth-order valence-electron chi connectivity index (χ4n) is 2.22. The van der Waals surface area contributed by atoms with E-state index in [2.05, 4.69) is 23.1 Å². The van der Waals surface area contributed by atoms with Crippen LogP contribution in [0.1, 0.15) is 44.0 Å². The van der Waals surface area contributed by atoms with Crippen LogP contribution in [0.5, 0.6) is 0 Å². The Morgan fingerprint density at radius 3 is 2.68 bits per heavy atom. The van der Waals surface area contributed by atoms with E-state index in [1.165, 1.54) is 11.5 Å². The predicted octanol–water partition coefficient (Wildman–Crippen LogP) is 2.53. The van der Waals surface area contributed by atoms with E-state index in [0.29, 0.717) is 17.6 Å². The second-order valence-electron chi connectivity index (χ2n) is 5.62. The summed E-state index contributed by atoms with van der Waals surface area (Å²) in [4.78, 5) is 14.2. The minimum atomic E-state index is -0.367. The number of ether oxygens (including phenoxy) is 1. The number of nitrogens with zero attached hydrogens (tertiary/aromatic N) is 2. The lowest BCUT2D eigenvalue weighted by atomic mass is 9.83. The van der Waals surface area contributed by atoms with Crippen molar-refractivity contribution < 1.29 is 9.53 Å². The molecule has 0 radical (unpaired) electrons. The van der Waals surface area contributed by atoms with Gasteiger partial charge in [0.25, 0.3) is 0 Å². The minimum absolute atomic E-state index is 0.281. The Bertz CT molecular complexity index is 460. The zero-order valence-electron chi connectivity index (χ0n) is 11.7. The number of anilines is 2. The number of hydrogen-bond acceptors (Lipinski definition) is 6. The van der Waals surface area contributed by atoms with Crippen molar-refractivity contribution in [2.75, 3.05) is 30.3 Å². The van der Waals surface area contributed by atoms with Crippen LogP contribution in [0.2, 0.25) is 0 Å². The molecule has 6 heteroatoms. The summed E-state index contributed by atoms with van der Waals surface area (Å²) in [5.74, 6) is -0.0862. The molecule has 106 valence electrons. The van der Waals surface area contributed by atoms with E-state index in [1.807, 2.05) is 0 Å². The molecule has 1 fully saturated rings. The molecule has 0 amide bonds. The number of rotatable bonds is 3. The number of nitrogens with two attached hydrogens (primary N) is 1. The molecule has 1 aliphatic heterocycles. The summed E-state index contributed by atoms with van der Waals surface area (Å²) in [7, 11) is 0. The molecule has 2 rings (SSSR count). The number of nitrogen functional groups attached to an aromatic ring is 1. The van der Waals surface area contributed by atoms with Crippen molar-refractivity contribution in [1.29, 1.82) is 0 Å². The highest BCUT2D eigenvalue weighted by Gasteiger charge is 2.30. The fraction of sp³-hybridized carbons (Fsp3) is 0.692. The number of carbonyl (C=O) groups is 1. The highest BCUT2D eigenvalue weighted by atomic mass is 32.1. The Balaban J connectivity index is 2.19. The van der Waals surface area contributed by atoms with Crippen LogP contribution in [-0.2, 0) is 4.74 Å². The molecule has 1 aromatic rings. The first-order chi connectivity index (χ1) is 8.94. The molecule has 0 aliphatic carbocycles. The molecule has 0 atom stereocenters. The van der Waals surface area contributed by atoms with E-state index in [4.69, 9.17) is 10.5 Å². The van der Waals surface area contributed by atoms with Crippen molar-refractivity contribution in [1.82, 2.24) is 4.37 Å². The molecule has 1 aliphatic rings. The van der Waals surface area contributed by atoms with Crippen LogP contribution < -0.4 is 10.6 Å². The van der Waals surface area contributed by atoms with Gasteiger partial charge in [-0.2, -0.15) is 4.37 Å². The van der Waals surface area contributed by atoms with Crippen molar-refractivity contribution in [3.63, 3.8) is 0 Å². The van der Waals surface area contributed by atoms with E-state index < -0.39 is 0 Å². The van der Waals surface area contributed by atoms with Gasteiger partial charge >= 0.3 is 5.97 Å². The van der Waals surface area contributed by atoms with E-state index >= 15 is 0 Å². The number of aromatic nitrogens is 1. The predicted molar refractivity (Wildman–Crippen MR) is 77.7 cm³/mol. The highest BCUT2D eigenvalue weighted by Crippen LogP contribution is 2.37. The molecule has 2 heterocycles. The molecule has 19 heavy (non-hydrogen) atoms. The lowest BCUT2D eigenvalue weighted by Gasteiger charge is -2.37. The van der Waals surface area contributed by atoms with Gasteiger partial charge in [-0.3, -0.25) is 0 Å². The van der Waals surface area contributed by atoms with Gasteiger partial charge in [-0.05, 0) is 36.7 Å². The summed E-state index contributed by atoms with van der Waals surface area (Å²) < 4.78 is 9.17. The number of piperidine rings is 1. The first-order valence-corrected chi connectivity index (χ1v) is 7.39. The molecule has 0 spiro atoms. The number of hydrogen-bond donors (Lipinski definition) is 1. The maximum Gasteiger partial charge on any atom is 0.345 e. The molecule has 5 nitrogen and oxygen atoms in total. The largest absolute Gasteiger partial charge is 0.462 e. The maximum absolute atomic E-state index is 12.0. The molecular formula is C13H21N3O2S. The van der Waals surface area contributed by atoms with Crippen LogP contribution in [0.4, 0.5) is 10.8 Å². The quantitative estimate of drug-likeness (QED) is 0.863. The van der Waals surface area contributed by atoms with Crippen LogP contribution >= 0.6 is 11.5 Å². The average molecular weight is 283 g/mol. The van der Waals surface area contributed by atoms with Crippen LogP contribution in [-0.4, -0.2) is 30.0 Å². The molecular weight excluding hydrogens is 262 g/mol.